The Hall–Kier alpha value is -1.82. The van der Waals surface area contributed by atoms with Crippen LogP contribution in [0.1, 0.15) is 11.5 Å². The number of anilines is 1. The highest BCUT2D eigenvalue weighted by Gasteiger charge is 2.32. The summed E-state index contributed by atoms with van der Waals surface area (Å²) in [6, 6.07) is 11.0. The van der Waals surface area contributed by atoms with Crippen molar-refractivity contribution < 1.29 is 9.90 Å². The van der Waals surface area contributed by atoms with Crippen molar-refractivity contribution in [3.05, 3.63) is 58.2 Å². The molecule has 24 heavy (non-hydrogen) atoms. The molecule has 1 aliphatic heterocycles. The normalized spacial score (nSPS) is 20.1. The maximum absolute atomic E-state index is 11.7. The SMILES string of the molecule is O=C(O)N(CC1CNCC1c1ccc(Cl)cc1)c1ccc(Cl)cn1. The van der Waals surface area contributed by atoms with Gasteiger partial charge in [0.05, 0.1) is 5.02 Å². The van der Waals surface area contributed by atoms with E-state index in [-0.39, 0.29) is 11.8 Å². The van der Waals surface area contributed by atoms with E-state index in [1.165, 1.54) is 11.1 Å². The number of nitrogens with zero attached hydrogens (tertiary/aromatic N) is 2. The number of rotatable bonds is 4. The second kappa shape index (κ2) is 7.38. The zero-order valence-corrected chi connectivity index (χ0v) is 14.3. The van der Waals surface area contributed by atoms with Gasteiger partial charge in [-0.15, -0.1) is 0 Å². The molecule has 2 N–H and O–H groups in total. The van der Waals surface area contributed by atoms with E-state index in [2.05, 4.69) is 10.3 Å². The standard InChI is InChI=1S/C17H17Cl2N3O2/c18-13-3-1-11(2-4-13)15-9-20-7-12(15)10-22(17(23)24)16-6-5-14(19)8-21-16/h1-6,8,12,15,20H,7,9-10H2,(H,23,24). The molecular weight excluding hydrogens is 349 g/mol. The first-order valence-corrected chi connectivity index (χ1v) is 8.38. The first-order chi connectivity index (χ1) is 11.5. The smallest absolute Gasteiger partial charge is 0.413 e. The molecule has 1 fully saturated rings. The monoisotopic (exact) mass is 365 g/mol. The molecule has 1 aliphatic rings. The molecule has 0 spiro atoms. The van der Waals surface area contributed by atoms with Gasteiger partial charge >= 0.3 is 6.09 Å². The quantitative estimate of drug-likeness (QED) is 0.862. The fourth-order valence-electron chi connectivity index (χ4n) is 3.06. The third-order valence-corrected chi connectivity index (χ3v) is 4.75. The summed E-state index contributed by atoms with van der Waals surface area (Å²) in [4.78, 5) is 17.1. The maximum Gasteiger partial charge on any atom is 0.413 e. The van der Waals surface area contributed by atoms with Crippen molar-refractivity contribution in [3.63, 3.8) is 0 Å². The summed E-state index contributed by atoms with van der Waals surface area (Å²) < 4.78 is 0. The minimum atomic E-state index is -1.02. The number of amides is 1. The van der Waals surface area contributed by atoms with Crippen molar-refractivity contribution >= 4 is 35.1 Å². The van der Waals surface area contributed by atoms with E-state index < -0.39 is 6.09 Å². The molecule has 0 radical (unpaired) electrons. The van der Waals surface area contributed by atoms with E-state index >= 15 is 0 Å². The number of carboxylic acid groups (broad SMARTS) is 1. The van der Waals surface area contributed by atoms with Crippen LogP contribution in [0.15, 0.2) is 42.6 Å². The Morgan fingerprint density at radius 2 is 1.88 bits per heavy atom. The summed E-state index contributed by atoms with van der Waals surface area (Å²) in [6.45, 7) is 1.93. The topological polar surface area (TPSA) is 65.5 Å². The molecule has 2 aromatic rings. The summed E-state index contributed by atoms with van der Waals surface area (Å²) in [5.41, 5.74) is 1.16. The van der Waals surface area contributed by atoms with Crippen molar-refractivity contribution in [1.82, 2.24) is 10.3 Å². The summed E-state index contributed by atoms with van der Waals surface area (Å²) in [5.74, 6) is 0.768. The lowest BCUT2D eigenvalue weighted by Crippen LogP contribution is -2.37. The van der Waals surface area contributed by atoms with Crippen LogP contribution in [0.5, 0.6) is 0 Å². The highest BCUT2D eigenvalue weighted by molar-refractivity contribution is 6.30. The molecule has 1 amide bonds. The second-order valence-electron chi connectivity index (χ2n) is 5.80. The number of pyridine rings is 1. The number of aromatic nitrogens is 1. The van der Waals surface area contributed by atoms with Crippen molar-refractivity contribution in [2.45, 2.75) is 5.92 Å². The minimum absolute atomic E-state index is 0.153. The van der Waals surface area contributed by atoms with Gasteiger partial charge in [-0.1, -0.05) is 35.3 Å². The van der Waals surface area contributed by atoms with Gasteiger partial charge in [0.25, 0.3) is 0 Å². The number of halogens is 2. The molecule has 1 saturated heterocycles. The van der Waals surface area contributed by atoms with Crippen molar-refractivity contribution in [2.24, 2.45) is 5.92 Å². The van der Waals surface area contributed by atoms with E-state index in [0.29, 0.717) is 22.4 Å². The van der Waals surface area contributed by atoms with E-state index in [9.17, 15) is 9.90 Å². The summed E-state index contributed by atoms with van der Waals surface area (Å²) in [7, 11) is 0. The van der Waals surface area contributed by atoms with Gasteiger partial charge in [0.2, 0.25) is 0 Å². The number of hydrogen-bond donors (Lipinski definition) is 2. The third kappa shape index (κ3) is 3.80. The van der Waals surface area contributed by atoms with Crippen LogP contribution in [-0.2, 0) is 0 Å². The van der Waals surface area contributed by atoms with Crippen molar-refractivity contribution in [2.75, 3.05) is 24.5 Å². The molecule has 1 aromatic carbocycles. The van der Waals surface area contributed by atoms with E-state index in [1.807, 2.05) is 24.3 Å². The van der Waals surface area contributed by atoms with Gasteiger partial charge in [0.15, 0.2) is 0 Å². The third-order valence-electron chi connectivity index (χ3n) is 4.27. The first kappa shape index (κ1) is 17.0. The van der Waals surface area contributed by atoms with Crippen LogP contribution >= 0.6 is 23.2 Å². The zero-order chi connectivity index (χ0) is 17.1. The molecule has 2 unspecified atom stereocenters. The Balaban J connectivity index is 1.79. The Bertz CT molecular complexity index is 707. The van der Waals surface area contributed by atoms with Crippen LogP contribution in [0.3, 0.4) is 0 Å². The molecule has 2 atom stereocenters. The van der Waals surface area contributed by atoms with Crippen molar-refractivity contribution in [1.29, 1.82) is 0 Å². The van der Waals surface area contributed by atoms with Crippen molar-refractivity contribution in [3.8, 4) is 0 Å². The number of carbonyl (C=O) groups is 1. The largest absolute Gasteiger partial charge is 0.465 e. The molecule has 1 aromatic heterocycles. The number of nitrogens with one attached hydrogen (secondary N) is 1. The highest BCUT2D eigenvalue weighted by atomic mass is 35.5. The molecule has 3 rings (SSSR count). The Morgan fingerprint density at radius 3 is 2.50 bits per heavy atom. The predicted molar refractivity (Wildman–Crippen MR) is 95.2 cm³/mol. The van der Waals surface area contributed by atoms with Gasteiger partial charge in [-0.05, 0) is 35.7 Å². The van der Waals surface area contributed by atoms with Gasteiger partial charge in [-0.2, -0.15) is 0 Å². The molecule has 0 aliphatic carbocycles. The van der Waals surface area contributed by atoms with Crippen LogP contribution in [0.4, 0.5) is 10.6 Å². The summed E-state index contributed by atoms with van der Waals surface area (Å²) >= 11 is 11.8. The van der Waals surface area contributed by atoms with E-state index in [1.54, 1.807) is 12.1 Å². The fourth-order valence-corrected chi connectivity index (χ4v) is 3.29. The number of benzene rings is 1. The Labute approximate surface area is 150 Å². The molecule has 2 heterocycles. The van der Waals surface area contributed by atoms with Gasteiger partial charge in [-0.3, -0.25) is 4.90 Å². The lowest BCUT2D eigenvalue weighted by atomic mass is 9.88. The highest BCUT2D eigenvalue weighted by Crippen LogP contribution is 2.30. The second-order valence-corrected chi connectivity index (χ2v) is 6.68. The molecule has 7 heteroatoms. The Morgan fingerprint density at radius 1 is 1.17 bits per heavy atom. The van der Waals surface area contributed by atoms with E-state index in [0.717, 1.165) is 18.7 Å². The van der Waals surface area contributed by atoms with Gasteiger partial charge in [-0.25, -0.2) is 9.78 Å². The lowest BCUT2D eigenvalue weighted by molar-refractivity contribution is 0.200. The molecular formula is C17H17Cl2N3O2. The maximum atomic E-state index is 11.7. The minimum Gasteiger partial charge on any atom is -0.465 e. The van der Waals surface area contributed by atoms with Crippen LogP contribution in [0, 0.1) is 5.92 Å². The Kier molecular flexibility index (Phi) is 5.23. The molecule has 126 valence electrons. The van der Waals surface area contributed by atoms with Crippen LogP contribution < -0.4 is 10.2 Å². The zero-order valence-electron chi connectivity index (χ0n) is 12.8. The van der Waals surface area contributed by atoms with Crippen LogP contribution in [-0.4, -0.2) is 35.8 Å². The van der Waals surface area contributed by atoms with Gasteiger partial charge < -0.3 is 10.4 Å². The van der Waals surface area contributed by atoms with Crippen LogP contribution in [0.2, 0.25) is 10.0 Å². The number of hydrogen-bond acceptors (Lipinski definition) is 3. The lowest BCUT2D eigenvalue weighted by Gasteiger charge is -2.25. The fraction of sp³-hybridized carbons (Fsp3) is 0.294. The predicted octanol–water partition coefficient (Wildman–Crippen LogP) is 3.88. The average molecular weight is 366 g/mol. The molecule has 0 saturated carbocycles. The molecule has 0 bridgehead atoms. The molecule has 5 nitrogen and oxygen atoms in total. The van der Waals surface area contributed by atoms with Crippen LogP contribution in [0.25, 0.3) is 0 Å². The summed E-state index contributed by atoms with van der Waals surface area (Å²) in [6.07, 6.45) is 0.433. The first-order valence-electron chi connectivity index (χ1n) is 7.63. The van der Waals surface area contributed by atoms with E-state index in [4.69, 9.17) is 23.2 Å². The van der Waals surface area contributed by atoms with Gasteiger partial charge in [0.1, 0.15) is 5.82 Å². The average Bonchev–Trinajstić information content (AvgIpc) is 3.02. The summed E-state index contributed by atoms with van der Waals surface area (Å²) in [5, 5.41) is 14.1. The van der Waals surface area contributed by atoms with Gasteiger partial charge in [0, 0.05) is 36.8 Å².